The molecule has 6 nitrogen and oxygen atoms in total. The van der Waals surface area contributed by atoms with E-state index in [1.54, 1.807) is 6.08 Å². The summed E-state index contributed by atoms with van der Waals surface area (Å²) in [6.07, 6.45) is 3.08. The van der Waals surface area contributed by atoms with E-state index in [-0.39, 0.29) is 27.8 Å². The van der Waals surface area contributed by atoms with Gasteiger partial charge in [0.25, 0.3) is 5.91 Å². The number of carbonyl (C=O) groups is 2. The van der Waals surface area contributed by atoms with Crippen LogP contribution >= 0.6 is 12.2 Å². The van der Waals surface area contributed by atoms with Crippen molar-refractivity contribution >= 4 is 36.2 Å². The lowest BCUT2D eigenvalue weighted by Gasteiger charge is -2.06. The lowest BCUT2D eigenvalue weighted by Crippen LogP contribution is -2.32. The Labute approximate surface area is 136 Å². The maximum absolute atomic E-state index is 12.2. The fourth-order valence-electron chi connectivity index (χ4n) is 2.48. The van der Waals surface area contributed by atoms with Gasteiger partial charge in [0.15, 0.2) is 4.77 Å². The second-order valence-electron chi connectivity index (χ2n) is 5.19. The van der Waals surface area contributed by atoms with Crippen molar-refractivity contribution in [1.29, 1.82) is 0 Å². The van der Waals surface area contributed by atoms with E-state index in [2.05, 4.69) is 9.98 Å². The summed E-state index contributed by atoms with van der Waals surface area (Å²) >= 11 is 4.99. The highest BCUT2D eigenvalue weighted by Gasteiger charge is 2.17. The Balaban J connectivity index is 2.25. The first-order chi connectivity index (χ1) is 10.9. The number of aromatic hydroxyl groups is 1. The predicted octanol–water partition coefficient (Wildman–Crippen LogP) is 1.24. The first-order valence-corrected chi connectivity index (χ1v) is 7.26. The minimum atomic E-state index is -0.437. The summed E-state index contributed by atoms with van der Waals surface area (Å²) in [4.78, 5) is 30.5. The first-order valence-electron chi connectivity index (χ1n) is 6.85. The van der Waals surface area contributed by atoms with Crippen LogP contribution in [-0.2, 0) is 4.79 Å². The van der Waals surface area contributed by atoms with E-state index in [1.807, 2.05) is 25.1 Å². The minimum absolute atomic E-state index is 0.0679. The molecule has 0 atom stereocenters. The molecule has 23 heavy (non-hydrogen) atoms. The zero-order chi connectivity index (χ0) is 16.7. The van der Waals surface area contributed by atoms with Crippen molar-refractivity contribution in [2.24, 2.45) is 4.99 Å². The second kappa shape index (κ2) is 5.44. The SMILES string of the molecule is CC(=O)n1c(/C=C2/C=c3cccc(C)c3=NC2=O)c(O)[nH]c1=S. The maximum Gasteiger partial charge on any atom is 0.277 e. The molecule has 0 radical (unpaired) electrons. The summed E-state index contributed by atoms with van der Waals surface area (Å²) in [5, 5.41) is 11.4. The molecule has 0 saturated heterocycles. The summed E-state index contributed by atoms with van der Waals surface area (Å²) in [7, 11) is 0. The van der Waals surface area contributed by atoms with Crippen LogP contribution < -0.4 is 10.6 Å². The van der Waals surface area contributed by atoms with Crippen molar-refractivity contribution in [3.05, 3.63) is 50.4 Å². The molecule has 0 bridgehead atoms. The van der Waals surface area contributed by atoms with Crippen molar-refractivity contribution < 1.29 is 14.7 Å². The van der Waals surface area contributed by atoms with E-state index >= 15 is 0 Å². The highest BCUT2D eigenvalue weighted by atomic mass is 32.1. The largest absolute Gasteiger partial charge is 0.493 e. The lowest BCUT2D eigenvalue weighted by atomic mass is 10.1. The topological polar surface area (TPSA) is 87.4 Å². The van der Waals surface area contributed by atoms with Crippen LogP contribution in [0.15, 0.2) is 28.8 Å². The number of rotatable bonds is 1. The maximum atomic E-state index is 12.2. The summed E-state index contributed by atoms with van der Waals surface area (Å²) in [5.41, 5.74) is 1.30. The molecule has 1 aliphatic heterocycles. The molecule has 7 heteroatoms. The van der Waals surface area contributed by atoms with E-state index < -0.39 is 5.91 Å². The van der Waals surface area contributed by atoms with Crippen LogP contribution in [0.3, 0.4) is 0 Å². The number of amides is 1. The van der Waals surface area contributed by atoms with Crippen molar-refractivity contribution in [2.75, 3.05) is 0 Å². The molecule has 0 spiro atoms. The third-order valence-electron chi connectivity index (χ3n) is 3.56. The summed E-state index contributed by atoms with van der Waals surface area (Å²) in [6, 6.07) is 5.60. The average Bonchev–Trinajstić information content (AvgIpc) is 2.75. The van der Waals surface area contributed by atoms with E-state index in [0.29, 0.717) is 5.36 Å². The first kappa shape index (κ1) is 15.1. The number of imidazole rings is 1. The van der Waals surface area contributed by atoms with Crippen LogP contribution in [0.4, 0.5) is 0 Å². The van der Waals surface area contributed by atoms with Crippen molar-refractivity contribution in [1.82, 2.24) is 9.55 Å². The third-order valence-corrected chi connectivity index (χ3v) is 3.84. The van der Waals surface area contributed by atoms with Crippen LogP contribution in [0.1, 0.15) is 23.0 Å². The fraction of sp³-hybridized carbons (Fsp3) is 0.125. The number of benzene rings is 1. The van der Waals surface area contributed by atoms with Gasteiger partial charge in [0.05, 0.1) is 5.36 Å². The number of carbonyl (C=O) groups excluding carboxylic acids is 2. The van der Waals surface area contributed by atoms with Crippen molar-refractivity contribution in [3.63, 3.8) is 0 Å². The van der Waals surface area contributed by atoms with Gasteiger partial charge in [-0.2, -0.15) is 0 Å². The normalized spacial score (nSPS) is 15.0. The number of para-hydroxylation sites is 1. The molecule has 2 aromatic rings. The Bertz CT molecular complexity index is 1060. The molecule has 0 saturated carbocycles. The molecule has 2 N–H and O–H groups in total. The molecule has 0 unspecified atom stereocenters. The minimum Gasteiger partial charge on any atom is -0.493 e. The molecular weight excluding hydrogens is 314 g/mol. The quantitative estimate of drug-likeness (QED) is 0.609. The number of nitrogens with one attached hydrogen (secondary N) is 1. The Hall–Kier alpha value is -2.80. The van der Waals surface area contributed by atoms with Gasteiger partial charge in [0.1, 0.15) is 5.69 Å². The molecule has 0 aliphatic carbocycles. The van der Waals surface area contributed by atoms with Crippen LogP contribution in [-0.4, -0.2) is 26.5 Å². The molecule has 1 aliphatic rings. The molecule has 1 aromatic heterocycles. The number of aryl methyl sites for hydroxylation is 1. The second-order valence-corrected chi connectivity index (χ2v) is 5.58. The Morgan fingerprint density at radius 1 is 1.43 bits per heavy atom. The van der Waals surface area contributed by atoms with Crippen LogP contribution in [0.5, 0.6) is 5.88 Å². The van der Waals surface area contributed by atoms with E-state index in [4.69, 9.17) is 12.2 Å². The molecule has 116 valence electrons. The monoisotopic (exact) mass is 327 g/mol. The predicted molar refractivity (Wildman–Crippen MR) is 87.0 cm³/mol. The number of hydrogen-bond donors (Lipinski definition) is 2. The highest BCUT2D eigenvalue weighted by molar-refractivity contribution is 7.71. The van der Waals surface area contributed by atoms with E-state index in [0.717, 1.165) is 15.3 Å². The van der Waals surface area contributed by atoms with Crippen molar-refractivity contribution in [3.8, 4) is 5.88 Å². The Morgan fingerprint density at radius 3 is 2.87 bits per heavy atom. The van der Waals surface area contributed by atoms with Gasteiger partial charge in [-0.05, 0) is 36.9 Å². The molecular formula is C16H13N3O3S. The third kappa shape index (κ3) is 2.55. The van der Waals surface area contributed by atoms with Crippen LogP contribution in [0.25, 0.3) is 12.2 Å². The number of H-pyrrole nitrogens is 1. The summed E-state index contributed by atoms with van der Waals surface area (Å²) in [5.74, 6) is -1.07. The standard InChI is InChI=1S/C16H13N3O3S/c1-8-4-3-5-10-6-11(14(21)17-13(8)10)7-12-15(22)18-16(23)19(12)9(2)20/h3-7,22H,1-2H3,(H,18,23)/b11-7-. The van der Waals surface area contributed by atoms with Gasteiger partial charge in [-0.3, -0.25) is 14.2 Å². The van der Waals surface area contributed by atoms with Gasteiger partial charge in [-0.15, -0.1) is 0 Å². The van der Waals surface area contributed by atoms with Gasteiger partial charge in [-0.1, -0.05) is 18.2 Å². The van der Waals surface area contributed by atoms with Crippen molar-refractivity contribution in [2.45, 2.75) is 13.8 Å². The number of fused-ring (bicyclic) bond motifs is 1. The summed E-state index contributed by atoms with van der Waals surface area (Å²) in [6.45, 7) is 3.20. The average molecular weight is 327 g/mol. The molecule has 2 heterocycles. The zero-order valence-corrected chi connectivity index (χ0v) is 13.3. The van der Waals surface area contributed by atoms with Gasteiger partial charge in [0.2, 0.25) is 11.8 Å². The number of hydrogen-bond acceptors (Lipinski definition) is 4. The smallest absolute Gasteiger partial charge is 0.277 e. The van der Waals surface area contributed by atoms with Gasteiger partial charge < -0.3 is 10.1 Å². The van der Waals surface area contributed by atoms with Crippen LogP contribution in [0.2, 0.25) is 0 Å². The molecule has 0 fully saturated rings. The van der Waals surface area contributed by atoms with E-state index in [9.17, 15) is 14.7 Å². The number of nitrogens with zero attached hydrogens (tertiary/aromatic N) is 2. The van der Waals surface area contributed by atoms with Crippen LogP contribution in [0, 0.1) is 11.7 Å². The fourth-order valence-corrected chi connectivity index (χ4v) is 2.80. The van der Waals surface area contributed by atoms with E-state index in [1.165, 1.54) is 13.0 Å². The molecule has 1 amide bonds. The molecule has 1 aromatic carbocycles. The summed E-state index contributed by atoms with van der Waals surface area (Å²) < 4.78 is 1.20. The number of aromatic amines is 1. The zero-order valence-electron chi connectivity index (χ0n) is 12.5. The van der Waals surface area contributed by atoms with Gasteiger partial charge in [-0.25, -0.2) is 4.99 Å². The Morgan fingerprint density at radius 2 is 2.17 bits per heavy atom. The van der Waals surface area contributed by atoms with Gasteiger partial charge >= 0.3 is 0 Å². The van der Waals surface area contributed by atoms with Gasteiger partial charge in [0, 0.05) is 17.7 Å². The Kier molecular flexibility index (Phi) is 3.57. The molecule has 3 rings (SSSR count). The highest BCUT2D eigenvalue weighted by Crippen LogP contribution is 2.20. The number of aromatic nitrogens is 2. The lowest BCUT2D eigenvalue weighted by molar-refractivity contribution is -0.114.